The number of nitro benzene ring substituents is 1. The summed E-state index contributed by atoms with van der Waals surface area (Å²) in [5.41, 5.74) is 0.789. The number of likely N-dealkylation sites (tertiary alicyclic amines) is 1. The van der Waals surface area contributed by atoms with Crippen molar-refractivity contribution >= 4 is 28.9 Å². The van der Waals surface area contributed by atoms with Crippen LogP contribution in [0.1, 0.15) is 34.7 Å². The molecule has 1 N–H and O–H groups in total. The van der Waals surface area contributed by atoms with Crippen LogP contribution in [0.4, 0.5) is 11.4 Å². The molecule has 1 amide bonds. The van der Waals surface area contributed by atoms with Gasteiger partial charge in [0.05, 0.1) is 23.2 Å². The number of anilines is 1. The number of halogens is 1. The Kier molecular flexibility index (Phi) is 6.43. The van der Waals surface area contributed by atoms with Crippen LogP contribution in [0.5, 0.6) is 11.5 Å². The Balaban J connectivity index is 1.51. The van der Waals surface area contributed by atoms with Gasteiger partial charge in [-0.2, -0.15) is 0 Å². The molecule has 1 saturated heterocycles. The second kappa shape index (κ2) is 9.42. The van der Waals surface area contributed by atoms with Crippen molar-refractivity contribution < 1.29 is 18.9 Å². The van der Waals surface area contributed by atoms with E-state index in [1.807, 2.05) is 6.92 Å². The van der Waals surface area contributed by atoms with Gasteiger partial charge in [-0.25, -0.2) is 0 Å². The van der Waals surface area contributed by atoms with Gasteiger partial charge in [0.25, 0.3) is 11.6 Å². The lowest BCUT2D eigenvalue weighted by Gasteiger charge is -2.12. The van der Waals surface area contributed by atoms with E-state index in [0.29, 0.717) is 23.1 Å². The van der Waals surface area contributed by atoms with Crippen molar-refractivity contribution in [2.24, 2.45) is 0 Å². The Labute approximate surface area is 189 Å². The Bertz CT molecular complexity index is 1150. The highest BCUT2D eigenvalue weighted by Crippen LogP contribution is 2.32. The molecule has 32 heavy (non-hydrogen) atoms. The van der Waals surface area contributed by atoms with Crippen LogP contribution < -0.4 is 10.1 Å². The van der Waals surface area contributed by atoms with Gasteiger partial charge in [-0.3, -0.25) is 19.8 Å². The summed E-state index contributed by atoms with van der Waals surface area (Å²) in [4.78, 5) is 25.8. The Morgan fingerprint density at radius 1 is 1.19 bits per heavy atom. The van der Waals surface area contributed by atoms with E-state index in [4.69, 9.17) is 20.8 Å². The largest absolute Gasteiger partial charge is 0.457 e. The van der Waals surface area contributed by atoms with Crippen molar-refractivity contribution in [2.75, 3.05) is 18.4 Å². The van der Waals surface area contributed by atoms with Crippen LogP contribution in [-0.2, 0) is 6.54 Å². The summed E-state index contributed by atoms with van der Waals surface area (Å²) in [6, 6.07) is 12.5. The number of ether oxygens (including phenoxy) is 1. The minimum absolute atomic E-state index is 0.140. The number of non-ortho nitro benzene ring substituents is 1. The van der Waals surface area contributed by atoms with Crippen LogP contribution in [0.15, 0.2) is 52.9 Å². The molecule has 0 unspecified atom stereocenters. The summed E-state index contributed by atoms with van der Waals surface area (Å²) in [6.07, 6.45) is 2.33. The molecule has 0 bridgehead atoms. The molecule has 1 aliphatic rings. The zero-order chi connectivity index (χ0) is 22.7. The van der Waals surface area contributed by atoms with Gasteiger partial charge < -0.3 is 14.5 Å². The Hall–Kier alpha value is -3.36. The fraction of sp³-hybridized carbons (Fsp3) is 0.261. The summed E-state index contributed by atoms with van der Waals surface area (Å²) in [5.74, 6) is 1.07. The van der Waals surface area contributed by atoms with E-state index >= 15 is 0 Å². The number of benzene rings is 2. The first-order valence-electron chi connectivity index (χ1n) is 10.2. The third-order valence-electron chi connectivity index (χ3n) is 5.19. The van der Waals surface area contributed by atoms with Crippen LogP contribution in [0.25, 0.3) is 0 Å². The number of rotatable bonds is 7. The van der Waals surface area contributed by atoms with Crippen LogP contribution in [-0.4, -0.2) is 28.8 Å². The van der Waals surface area contributed by atoms with E-state index in [0.717, 1.165) is 18.7 Å². The van der Waals surface area contributed by atoms with Crippen molar-refractivity contribution in [1.29, 1.82) is 0 Å². The number of amides is 1. The summed E-state index contributed by atoms with van der Waals surface area (Å²) in [5, 5.41) is 14.6. The monoisotopic (exact) mass is 455 g/mol. The zero-order valence-electron chi connectivity index (χ0n) is 17.5. The molecule has 1 aromatic heterocycles. The number of aryl methyl sites for hydroxylation is 1. The molecule has 4 rings (SSSR count). The fourth-order valence-electron chi connectivity index (χ4n) is 3.61. The molecule has 166 valence electrons. The highest BCUT2D eigenvalue weighted by atomic mass is 35.5. The standard InChI is InChI=1S/C23H22ClN3O5/c1-15-10-16(24)4-6-21(15)32-20-12-17(11-18(13-20)27(29)30)25-23(28)22-7-5-19(31-22)14-26-8-2-3-9-26/h4-7,10-13H,2-3,8-9,14H2,1H3,(H,25,28). The Morgan fingerprint density at radius 3 is 2.69 bits per heavy atom. The first-order chi connectivity index (χ1) is 15.4. The summed E-state index contributed by atoms with van der Waals surface area (Å²) < 4.78 is 11.5. The molecule has 0 radical (unpaired) electrons. The minimum Gasteiger partial charge on any atom is -0.457 e. The van der Waals surface area contributed by atoms with E-state index in [9.17, 15) is 14.9 Å². The van der Waals surface area contributed by atoms with Crippen molar-refractivity contribution in [2.45, 2.75) is 26.3 Å². The smallest absolute Gasteiger partial charge is 0.291 e. The van der Waals surface area contributed by atoms with E-state index in [1.165, 1.54) is 31.0 Å². The maximum atomic E-state index is 12.7. The SMILES string of the molecule is Cc1cc(Cl)ccc1Oc1cc(NC(=O)c2ccc(CN3CCCC3)o2)cc([N+](=O)[O-])c1. The maximum Gasteiger partial charge on any atom is 0.291 e. The number of furan rings is 1. The number of carbonyl (C=O) groups is 1. The first kappa shape index (κ1) is 21.9. The normalized spacial score (nSPS) is 13.8. The van der Waals surface area contributed by atoms with Crippen molar-refractivity contribution in [3.05, 3.63) is 80.8 Å². The molecular weight excluding hydrogens is 434 g/mol. The zero-order valence-corrected chi connectivity index (χ0v) is 18.2. The molecule has 9 heteroatoms. The van der Waals surface area contributed by atoms with Gasteiger partial charge >= 0.3 is 0 Å². The van der Waals surface area contributed by atoms with Gasteiger partial charge in [-0.15, -0.1) is 0 Å². The van der Waals surface area contributed by atoms with Gasteiger partial charge in [-0.05, 0) is 68.8 Å². The average Bonchev–Trinajstić information content (AvgIpc) is 3.42. The van der Waals surface area contributed by atoms with Crippen LogP contribution >= 0.6 is 11.6 Å². The first-order valence-corrected chi connectivity index (χ1v) is 10.6. The van der Waals surface area contributed by atoms with Gasteiger partial charge in [-0.1, -0.05) is 11.6 Å². The fourth-order valence-corrected chi connectivity index (χ4v) is 3.84. The molecule has 1 aliphatic heterocycles. The topological polar surface area (TPSA) is 97.8 Å². The van der Waals surface area contributed by atoms with E-state index in [1.54, 1.807) is 30.3 Å². The molecule has 0 aliphatic carbocycles. The number of nitrogens with zero attached hydrogens (tertiary/aromatic N) is 2. The highest BCUT2D eigenvalue weighted by Gasteiger charge is 2.18. The van der Waals surface area contributed by atoms with Crippen molar-refractivity contribution in [1.82, 2.24) is 4.90 Å². The van der Waals surface area contributed by atoms with E-state index in [2.05, 4.69) is 10.2 Å². The molecular formula is C23H22ClN3O5. The van der Waals surface area contributed by atoms with E-state index < -0.39 is 10.8 Å². The molecule has 3 aromatic rings. The highest BCUT2D eigenvalue weighted by molar-refractivity contribution is 6.30. The van der Waals surface area contributed by atoms with Crippen LogP contribution in [0.3, 0.4) is 0 Å². The lowest BCUT2D eigenvalue weighted by molar-refractivity contribution is -0.384. The van der Waals surface area contributed by atoms with Crippen molar-refractivity contribution in [3.63, 3.8) is 0 Å². The third kappa shape index (κ3) is 5.27. The molecule has 2 aromatic carbocycles. The molecule has 1 fully saturated rings. The number of nitrogens with one attached hydrogen (secondary N) is 1. The second-order valence-electron chi connectivity index (χ2n) is 7.69. The quantitative estimate of drug-likeness (QED) is 0.357. The van der Waals surface area contributed by atoms with E-state index in [-0.39, 0.29) is 22.9 Å². The lowest BCUT2D eigenvalue weighted by atomic mass is 10.2. The number of carbonyl (C=O) groups excluding carboxylic acids is 1. The predicted octanol–water partition coefficient (Wildman–Crippen LogP) is 5.79. The van der Waals surface area contributed by atoms with Gasteiger partial charge in [0.2, 0.25) is 0 Å². The third-order valence-corrected chi connectivity index (χ3v) is 5.42. The average molecular weight is 456 g/mol. The molecule has 2 heterocycles. The van der Waals surface area contributed by atoms with Crippen molar-refractivity contribution in [3.8, 4) is 11.5 Å². The Morgan fingerprint density at radius 2 is 1.97 bits per heavy atom. The maximum absolute atomic E-state index is 12.7. The van der Waals surface area contributed by atoms with Crippen LogP contribution in [0.2, 0.25) is 5.02 Å². The van der Waals surface area contributed by atoms with Crippen LogP contribution in [0, 0.1) is 17.0 Å². The number of nitro groups is 1. The van der Waals surface area contributed by atoms with Gasteiger partial charge in [0, 0.05) is 17.2 Å². The molecule has 8 nitrogen and oxygen atoms in total. The molecule has 0 saturated carbocycles. The summed E-state index contributed by atoms with van der Waals surface area (Å²) in [7, 11) is 0. The minimum atomic E-state index is -0.543. The predicted molar refractivity (Wildman–Crippen MR) is 121 cm³/mol. The number of hydrogen-bond donors (Lipinski definition) is 1. The second-order valence-corrected chi connectivity index (χ2v) is 8.12. The number of hydrogen-bond acceptors (Lipinski definition) is 6. The summed E-state index contributed by atoms with van der Waals surface area (Å²) >= 11 is 5.97. The molecule has 0 spiro atoms. The summed E-state index contributed by atoms with van der Waals surface area (Å²) in [6.45, 7) is 4.51. The lowest BCUT2D eigenvalue weighted by Crippen LogP contribution is -2.18. The van der Waals surface area contributed by atoms with Gasteiger partial charge in [0.15, 0.2) is 5.76 Å². The van der Waals surface area contributed by atoms with Gasteiger partial charge in [0.1, 0.15) is 17.3 Å². The molecule has 0 atom stereocenters.